The number of benzene rings is 1. The van der Waals surface area contributed by atoms with E-state index in [1.165, 1.54) is 6.20 Å². The maximum Gasteiger partial charge on any atom is 0.356 e. The predicted molar refractivity (Wildman–Crippen MR) is 88.7 cm³/mol. The van der Waals surface area contributed by atoms with Gasteiger partial charge in [-0.3, -0.25) is 9.48 Å². The van der Waals surface area contributed by atoms with Crippen LogP contribution in [0, 0.1) is 6.92 Å². The van der Waals surface area contributed by atoms with Crippen LogP contribution in [-0.4, -0.2) is 36.3 Å². The smallest absolute Gasteiger partial charge is 0.356 e. The number of aryl methyl sites for hydroxylation is 1. The Bertz CT molecular complexity index is 1000. The Labute approximate surface area is 142 Å². The normalized spacial score (nSPS) is 12.9. The molecule has 2 N–H and O–H groups in total. The van der Waals surface area contributed by atoms with Gasteiger partial charge in [-0.05, 0) is 30.2 Å². The number of aromatic carboxylic acids is 1. The number of nitrogens with zero attached hydrogens (tertiary/aromatic N) is 4. The molecule has 0 unspecified atom stereocenters. The highest BCUT2D eigenvalue weighted by molar-refractivity contribution is 6.03. The van der Waals surface area contributed by atoms with E-state index in [0.717, 1.165) is 16.8 Å². The number of carbonyl (C=O) groups excluding carboxylic acids is 1. The summed E-state index contributed by atoms with van der Waals surface area (Å²) in [7, 11) is 0. The minimum absolute atomic E-state index is 0.0954. The lowest BCUT2D eigenvalue weighted by Crippen LogP contribution is -2.15. The second kappa shape index (κ2) is 5.59. The molecule has 0 saturated carbocycles. The van der Waals surface area contributed by atoms with Gasteiger partial charge in [0.05, 0.1) is 13.1 Å². The van der Waals surface area contributed by atoms with Crippen LogP contribution < -0.4 is 5.32 Å². The van der Waals surface area contributed by atoms with Crippen molar-refractivity contribution in [3.05, 3.63) is 65.0 Å². The molecule has 0 bridgehead atoms. The van der Waals surface area contributed by atoms with E-state index in [1.54, 1.807) is 10.8 Å². The number of hydrogen-bond acceptors (Lipinski definition) is 4. The Kier molecular flexibility index (Phi) is 3.38. The molecule has 8 nitrogen and oxygen atoms in total. The van der Waals surface area contributed by atoms with Crippen LogP contribution in [-0.2, 0) is 13.1 Å². The molecule has 25 heavy (non-hydrogen) atoms. The minimum Gasteiger partial charge on any atom is -0.476 e. The van der Waals surface area contributed by atoms with Crippen molar-refractivity contribution in [1.29, 1.82) is 0 Å². The van der Waals surface area contributed by atoms with Gasteiger partial charge in [-0.25, -0.2) is 9.78 Å². The molecular formula is C17H15N5O3. The second-order valence-corrected chi connectivity index (χ2v) is 5.96. The van der Waals surface area contributed by atoms with Crippen LogP contribution >= 0.6 is 0 Å². The Balaban J connectivity index is 1.67. The molecule has 8 heteroatoms. The third-order valence-corrected chi connectivity index (χ3v) is 4.22. The summed E-state index contributed by atoms with van der Waals surface area (Å²) in [5, 5.41) is 16.1. The van der Waals surface area contributed by atoms with Gasteiger partial charge in [0, 0.05) is 23.8 Å². The molecule has 0 atom stereocenters. The van der Waals surface area contributed by atoms with E-state index >= 15 is 0 Å². The van der Waals surface area contributed by atoms with Crippen molar-refractivity contribution >= 4 is 17.6 Å². The van der Waals surface area contributed by atoms with E-state index in [0.29, 0.717) is 18.8 Å². The van der Waals surface area contributed by atoms with Gasteiger partial charge in [-0.15, -0.1) is 0 Å². The molecule has 1 aromatic carbocycles. The molecule has 3 aromatic rings. The number of imidazole rings is 1. The number of carboxylic acids is 1. The van der Waals surface area contributed by atoms with Crippen LogP contribution in [0.4, 0.5) is 5.69 Å². The maximum absolute atomic E-state index is 12.4. The van der Waals surface area contributed by atoms with E-state index in [-0.39, 0.29) is 11.5 Å². The van der Waals surface area contributed by atoms with Crippen LogP contribution in [0.1, 0.15) is 37.9 Å². The van der Waals surface area contributed by atoms with Crippen LogP contribution in [0.25, 0.3) is 0 Å². The van der Waals surface area contributed by atoms with Crippen molar-refractivity contribution in [2.75, 3.05) is 5.32 Å². The fraction of sp³-hybridized carbons (Fsp3) is 0.176. The molecule has 1 aliphatic rings. The van der Waals surface area contributed by atoms with Gasteiger partial charge in [0.25, 0.3) is 5.91 Å². The van der Waals surface area contributed by atoms with Crippen LogP contribution in [0.2, 0.25) is 0 Å². The largest absolute Gasteiger partial charge is 0.476 e. The van der Waals surface area contributed by atoms with Gasteiger partial charge in [0.15, 0.2) is 11.5 Å². The zero-order valence-electron chi connectivity index (χ0n) is 13.4. The fourth-order valence-electron chi connectivity index (χ4n) is 2.90. The van der Waals surface area contributed by atoms with Crippen molar-refractivity contribution < 1.29 is 14.7 Å². The summed E-state index contributed by atoms with van der Waals surface area (Å²) >= 11 is 0. The molecule has 4 rings (SSSR count). The van der Waals surface area contributed by atoms with Gasteiger partial charge in [-0.1, -0.05) is 12.1 Å². The Morgan fingerprint density at radius 2 is 2.20 bits per heavy atom. The van der Waals surface area contributed by atoms with E-state index in [2.05, 4.69) is 15.4 Å². The first kappa shape index (κ1) is 15.1. The van der Waals surface area contributed by atoms with Crippen molar-refractivity contribution in [3.63, 3.8) is 0 Å². The van der Waals surface area contributed by atoms with Gasteiger partial charge in [-0.2, -0.15) is 5.10 Å². The molecule has 126 valence electrons. The molecule has 0 fully saturated rings. The van der Waals surface area contributed by atoms with Crippen LogP contribution in [0.15, 0.2) is 36.7 Å². The highest BCUT2D eigenvalue weighted by atomic mass is 16.4. The second-order valence-electron chi connectivity index (χ2n) is 5.96. The first-order valence-electron chi connectivity index (χ1n) is 7.73. The molecular weight excluding hydrogens is 322 g/mol. The standard InChI is InChI=1S/C17H15N5O3/c1-10-4-5-18-22(10)7-11-2-3-12-8-21-9-14(17(24)25)19-15(21)16(23)20-13(12)6-11/h2-6,9H,7-8H2,1H3,(H,20,23)(H,24,25). The highest BCUT2D eigenvalue weighted by Gasteiger charge is 2.23. The molecule has 0 aliphatic carbocycles. The minimum atomic E-state index is -1.15. The molecule has 2 aromatic heterocycles. The number of aromatic nitrogens is 4. The number of anilines is 1. The Morgan fingerprint density at radius 3 is 2.92 bits per heavy atom. The molecule has 0 spiro atoms. The topological polar surface area (TPSA) is 102 Å². The van der Waals surface area contributed by atoms with Crippen LogP contribution in [0.5, 0.6) is 0 Å². The molecule has 3 heterocycles. The summed E-state index contributed by atoms with van der Waals surface area (Å²) in [6.07, 6.45) is 3.13. The average Bonchev–Trinajstić information content (AvgIpc) is 3.14. The number of rotatable bonds is 3. The van der Waals surface area contributed by atoms with Crippen molar-refractivity contribution in [2.24, 2.45) is 0 Å². The fourth-order valence-corrected chi connectivity index (χ4v) is 2.90. The molecule has 0 radical (unpaired) electrons. The Morgan fingerprint density at radius 1 is 1.36 bits per heavy atom. The van der Waals surface area contributed by atoms with Gasteiger partial charge >= 0.3 is 5.97 Å². The molecule has 1 amide bonds. The zero-order chi connectivity index (χ0) is 17.6. The average molecular weight is 337 g/mol. The summed E-state index contributed by atoms with van der Waals surface area (Å²) < 4.78 is 3.44. The molecule has 0 saturated heterocycles. The number of nitrogens with one attached hydrogen (secondary N) is 1. The number of fused-ring (bicyclic) bond motifs is 2. The molecule has 1 aliphatic heterocycles. The quantitative estimate of drug-likeness (QED) is 0.758. The lowest BCUT2D eigenvalue weighted by Gasteiger charge is -2.10. The summed E-state index contributed by atoms with van der Waals surface area (Å²) in [5.41, 5.74) is 3.52. The SMILES string of the molecule is Cc1ccnn1Cc1ccc2c(c1)NC(=O)c1nc(C(=O)O)cn1C2. The maximum atomic E-state index is 12.4. The number of amides is 1. The van der Waals surface area contributed by atoms with E-state index < -0.39 is 11.9 Å². The highest BCUT2D eigenvalue weighted by Crippen LogP contribution is 2.24. The zero-order valence-corrected chi connectivity index (χ0v) is 13.4. The first-order valence-corrected chi connectivity index (χ1v) is 7.73. The van der Waals surface area contributed by atoms with E-state index in [1.807, 2.05) is 35.9 Å². The van der Waals surface area contributed by atoms with Crippen LogP contribution in [0.3, 0.4) is 0 Å². The van der Waals surface area contributed by atoms with Crippen molar-refractivity contribution in [3.8, 4) is 0 Å². The lowest BCUT2D eigenvalue weighted by atomic mass is 10.1. The summed E-state index contributed by atoms with van der Waals surface area (Å²) in [5.74, 6) is -1.48. The third-order valence-electron chi connectivity index (χ3n) is 4.22. The number of carbonyl (C=O) groups is 2. The van der Waals surface area contributed by atoms with Gasteiger partial charge < -0.3 is 15.0 Å². The predicted octanol–water partition coefficient (Wildman–Crippen LogP) is 1.75. The van der Waals surface area contributed by atoms with E-state index in [4.69, 9.17) is 5.11 Å². The lowest BCUT2D eigenvalue weighted by molar-refractivity contribution is 0.0691. The van der Waals surface area contributed by atoms with Gasteiger partial charge in [0.1, 0.15) is 0 Å². The van der Waals surface area contributed by atoms with Crippen molar-refractivity contribution in [2.45, 2.75) is 20.0 Å². The summed E-state index contributed by atoms with van der Waals surface area (Å²) in [4.78, 5) is 27.4. The van der Waals surface area contributed by atoms with E-state index in [9.17, 15) is 9.59 Å². The number of carboxylic acid groups (broad SMARTS) is 1. The Hall–Kier alpha value is -3.42. The van der Waals surface area contributed by atoms with Gasteiger partial charge in [0.2, 0.25) is 0 Å². The van der Waals surface area contributed by atoms with Crippen molar-refractivity contribution in [1.82, 2.24) is 19.3 Å². The first-order chi connectivity index (χ1) is 12.0. The third kappa shape index (κ3) is 2.67. The summed E-state index contributed by atoms with van der Waals surface area (Å²) in [6, 6.07) is 7.76. The number of hydrogen-bond donors (Lipinski definition) is 2. The summed E-state index contributed by atoms with van der Waals surface area (Å²) in [6.45, 7) is 2.97. The monoisotopic (exact) mass is 337 g/mol.